The molecule has 0 aromatic rings. The molecule has 0 saturated heterocycles. The van der Waals surface area contributed by atoms with Gasteiger partial charge in [-0.15, -0.1) is 0 Å². The predicted octanol–water partition coefficient (Wildman–Crippen LogP) is 13.2. The molecule has 0 fully saturated rings. The van der Waals surface area contributed by atoms with Gasteiger partial charge in [0.25, 0.3) is 0 Å². The molecule has 0 heteroatoms. The Bertz CT molecular complexity index is 333. The average molecular weight is 478 g/mol. The molecule has 34 heavy (non-hydrogen) atoms. The lowest BCUT2D eigenvalue weighted by atomic mass is 9.90. The third kappa shape index (κ3) is 28.2. The van der Waals surface area contributed by atoms with E-state index >= 15 is 0 Å². The molecule has 1 atom stereocenters. The van der Waals surface area contributed by atoms with Crippen molar-refractivity contribution in [3.05, 3.63) is 6.92 Å². The van der Waals surface area contributed by atoms with Gasteiger partial charge in [-0.25, -0.2) is 0 Å². The van der Waals surface area contributed by atoms with E-state index < -0.39 is 0 Å². The Morgan fingerprint density at radius 2 is 0.559 bits per heavy atom. The normalized spacial score (nSPS) is 12.4. The van der Waals surface area contributed by atoms with E-state index in [0.29, 0.717) is 0 Å². The van der Waals surface area contributed by atoms with Gasteiger partial charge >= 0.3 is 0 Å². The van der Waals surface area contributed by atoms with Crippen LogP contribution in [-0.4, -0.2) is 0 Å². The fraction of sp³-hybridized carbons (Fsp3) is 0.971. The number of hydrogen-bond acceptors (Lipinski definition) is 0. The lowest BCUT2D eigenvalue weighted by molar-refractivity contribution is 0.381. The van der Waals surface area contributed by atoms with Crippen molar-refractivity contribution in [2.24, 2.45) is 5.92 Å². The summed E-state index contributed by atoms with van der Waals surface area (Å²) >= 11 is 0. The first-order valence-corrected chi connectivity index (χ1v) is 16.6. The Labute approximate surface area is 219 Å². The van der Waals surface area contributed by atoms with Crippen LogP contribution in [0.4, 0.5) is 0 Å². The van der Waals surface area contributed by atoms with Gasteiger partial charge in [-0.3, -0.25) is 0 Å². The number of rotatable bonds is 30. The first-order chi connectivity index (χ1) is 16.8. The van der Waals surface area contributed by atoms with Crippen molar-refractivity contribution in [1.29, 1.82) is 0 Å². The Balaban J connectivity index is 3.32. The summed E-state index contributed by atoms with van der Waals surface area (Å²) in [5.74, 6) is 0.971. The molecule has 1 radical (unpaired) electrons. The Morgan fingerprint density at radius 3 is 0.794 bits per heavy atom. The third-order valence-corrected chi connectivity index (χ3v) is 8.04. The van der Waals surface area contributed by atoms with Crippen molar-refractivity contribution < 1.29 is 0 Å². The smallest absolute Gasteiger partial charge is 0.0414 e. The van der Waals surface area contributed by atoms with Crippen LogP contribution in [-0.2, 0) is 0 Å². The molecule has 0 aromatic carbocycles. The summed E-state index contributed by atoms with van der Waals surface area (Å²) in [6, 6.07) is 0. The molecule has 0 aliphatic carbocycles. The van der Waals surface area contributed by atoms with E-state index in [-0.39, 0.29) is 0 Å². The molecule has 0 aromatic heterocycles. The molecule has 0 saturated carbocycles. The van der Waals surface area contributed by atoms with Crippen LogP contribution in [0.1, 0.15) is 206 Å². The van der Waals surface area contributed by atoms with Crippen LogP contribution in [0.25, 0.3) is 0 Å². The lowest BCUT2D eigenvalue weighted by Crippen LogP contribution is -2.00. The van der Waals surface area contributed by atoms with Crippen LogP contribution < -0.4 is 0 Å². The van der Waals surface area contributed by atoms with Gasteiger partial charge in [-0.1, -0.05) is 213 Å². The van der Waals surface area contributed by atoms with Gasteiger partial charge in [-0.2, -0.15) is 0 Å². The van der Waals surface area contributed by atoms with Gasteiger partial charge in [0.2, 0.25) is 0 Å². The van der Waals surface area contributed by atoms with Crippen LogP contribution in [0.3, 0.4) is 0 Å². The Hall–Kier alpha value is 0. The first-order valence-electron chi connectivity index (χ1n) is 16.6. The van der Waals surface area contributed by atoms with E-state index in [1.807, 2.05) is 0 Å². The zero-order valence-corrected chi connectivity index (χ0v) is 24.5. The standard InChI is InChI=1S/C34H69/c1-4-7-9-11-13-15-16-17-18-19-20-21-22-23-24-26-28-30-33-34(31-6-3)32-29-27-25-14-12-10-8-5-2/h34H,3-33H2,1-2H3. The van der Waals surface area contributed by atoms with Crippen LogP contribution in [0.2, 0.25) is 0 Å². The van der Waals surface area contributed by atoms with Crippen LogP contribution in [0, 0.1) is 12.8 Å². The summed E-state index contributed by atoms with van der Waals surface area (Å²) in [5, 5.41) is 0. The van der Waals surface area contributed by atoms with E-state index in [4.69, 9.17) is 0 Å². The molecule has 0 nitrogen and oxygen atoms in total. The Kier molecular flexibility index (Phi) is 31.0. The summed E-state index contributed by atoms with van der Waals surface area (Å²) in [5.41, 5.74) is 0. The highest BCUT2D eigenvalue weighted by Crippen LogP contribution is 2.23. The van der Waals surface area contributed by atoms with Crippen LogP contribution in [0.15, 0.2) is 0 Å². The minimum Gasteiger partial charge on any atom is -0.0654 e. The van der Waals surface area contributed by atoms with Crippen molar-refractivity contribution in [3.63, 3.8) is 0 Å². The first kappa shape index (κ1) is 34.0. The number of unbranched alkanes of at least 4 members (excludes halogenated alkanes) is 24. The second kappa shape index (κ2) is 31.0. The van der Waals surface area contributed by atoms with E-state index in [0.717, 1.165) is 12.3 Å². The molecule has 0 heterocycles. The lowest BCUT2D eigenvalue weighted by Gasteiger charge is -2.16. The summed E-state index contributed by atoms with van der Waals surface area (Å²) < 4.78 is 0. The van der Waals surface area contributed by atoms with E-state index in [9.17, 15) is 0 Å². The van der Waals surface area contributed by atoms with Gasteiger partial charge in [0.15, 0.2) is 0 Å². The second-order valence-corrected chi connectivity index (χ2v) is 11.6. The van der Waals surface area contributed by atoms with Crippen LogP contribution in [0.5, 0.6) is 0 Å². The molecule has 0 rings (SSSR count). The summed E-state index contributed by atoms with van der Waals surface area (Å²) in [6.45, 7) is 8.76. The van der Waals surface area contributed by atoms with E-state index in [2.05, 4.69) is 20.8 Å². The molecule has 0 N–H and O–H groups in total. The van der Waals surface area contributed by atoms with Crippen molar-refractivity contribution in [1.82, 2.24) is 0 Å². The van der Waals surface area contributed by atoms with Gasteiger partial charge in [-0.05, 0) is 5.92 Å². The molecular formula is C34H69. The third-order valence-electron chi connectivity index (χ3n) is 8.04. The molecule has 0 aliphatic rings. The fourth-order valence-corrected chi connectivity index (χ4v) is 5.62. The van der Waals surface area contributed by atoms with Crippen molar-refractivity contribution in [3.8, 4) is 0 Å². The van der Waals surface area contributed by atoms with Crippen LogP contribution >= 0.6 is 0 Å². The highest BCUT2D eigenvalue weighted by atomic mass is 14.1. The monoisotopic (exact) mass is 478 g/mol. The van der Waals surface area contributed by atoms with Gasteiger partial charge < -0.3 is 0 Å². The van der Waals surface area contributed by atoms with Crippen molar-refractivity contribution >= 4 is 0 Å². The topological polar surface area (TPSA) is 0 Å². The second-order valence-electron chi connectivity index (χ2n) is 11.6. The molecule has 0 spiro atoms. The van der Waals surface area contributed by atoms with Gasteiger partial charge in [0.1, 0.15) is 0 Å². The average Bonchev–Trinajstić information content (AvgIpc) is 2.84. The number of hydrogen-bond donors (Lipinski definition) is 0. The molecule has 205 valence electrons. The maximum Gasteiger partial charge on any atom is -0.0414 e. The summed E-state index contributed by atoms with van der Waals surface area (Å²) in [4.78, 5) is 0. The Morgan fingerprint density at radius 1 is 0.324 bits per heavy atom. The quantitative estimate of drug-likeness (QED) is 0.0902. The highest BCUT2D eigenvalue weighted by Gasteiger charge is 2.07. The highest BCUT2D eigenvalue weighted by molar-refractivity contribution is 4.62. The SMILES string of the molecule is [CH2]CCC(CCCCCCCCCC)CCCCCCCCCCCCCCCCCCCC. The molecule has 0 amide bonds. The maximum absolute atomic E-state index is 4.14. The molecule has 1 unspecified atom stereocenters. The predicted molar refractivity (Wildman–Crippen MR) is 159 cm³/mol. The zero-order valence-electron chi connectivity index (χ0n) is 24.5. The van der Waals surface area contributed by atoms with Gasteiger partial charge in [0.05, 0.1) is 0 Å². The van der Waals surface area contributed by atoms with Crippen molar-refractivity contribution in [2.75, 3.05) is 0 Å². The van der Waals surface area contributed by atoms with Crippen molar-refractivity contribution in [2.45, 2.75) is 206 Å². The summed E-state index contributed by atoms with van der Waals surface area (Å²) in [6.07, 6.45) is 43.6. The minimum absolute atomic E-state index is 0.971. The summed E-state index contributed by atoms with van der Waals surface area (Å²) in [7, 11) is 0. The molecular weight excluding hydrogens is 408 g/mol. The van der Waals surface area contributed by atoms with E-state index in [1.54, 1.807) is 0 Å². The maximum atomic E-state index is 4.14. The zero-order chi connectivity index (χ0) is 24.8. The molecule has 0 aliphatic heterocycles. The largest absolute Gasteiger partial charge is 0.0654 e. The fourth-order valence-electron chi connectivity index (χ4n) is 5.62. The van der Waals surface area contributed by atoms with E-state index in [1.165, 1.54) is 186 Å². The minimum atomic E-state index is 0.971. The molecule has 0 bridgehead atoms. The van der Waals surface area contributed by atoms with Gasteiger partial charge in [0, 0.05) is 0 Å².